The molecule has 168 valence electrons. The van der Waals surface area contributed by atoms with Crippen LogP contribution in [0.1, 0.15) is 15.2 Å². The van der Waals surface area contributed by atoms with E-state index in [-0.39, 0.29) is 5.91 Å². The van der Waals surface area contributed by atoms with Gasteiger partial charge in [0.25, 0.3) is 5.91 Å². The molecule has 2 aromatic carbocycles. The van der Waals surface area contributed by atoms with E-state index in [1.807, 2.05) is 47.4 Å². The SMILES string of the molecule is COc1ccccc1N1CCN(C(=O)c2cc(-c3ccc(C)s3)nc3ccc(Cl)cc23)CC1. The Morgan fingerprint density at radius 1 is 1.03 bits per heavy atom. The topological polar surface area (TPSA) is 45.7 Å². The lowest BCUT2D eigenvalue weighted by Gasteiger charge is -2.36. The first-order valence-electron chi connectivity index (χ1n) is 10.9. The summed E-state index contributed by atoms with van der Waals surface area (Å²) in [5, 5.41) is 1.38. The molecule has 0 saturated carbocycles. The zero-order valence-electron chi connectivity index (χ0n) is 18.5. The number of piperazine rings is 1. The lowest BCUT2D eigenvalue weighted by Crippen LogP contribution is -2.49. The highest BCUT2D eigenvalue weighted by Crippen LogP contribution is 2.32. The molecule has 2 aromatic heterocycles. The smallest absolute Gasteiger partial charge is 0.254 e. The number of aryl methyl sites for hydroxylation is 1. The van der Waals surface area contributed by atoms with E-state index in [0.717, 1.165) is 46.0 Å². The van der Waals surface area contributed by atoms with Crippen LogP contribution in [0.2, 0.25) is 5.02 Å². The summed E-state index contributed by atoms with van der Waals surface area (Å²) in [6.07, 6.45) is 0. The molecule has 0 spiro atoms. The molecule has 0 bridgehead atoms. The zero-order valence-corrected chi connectivity index (χ0v) is 20.1. The molecule has 1 saturated heterocycles. The van der Waals surface area contributed by atoms with Gasteiger partial charge in [-0.25, -0.2) is 4.98 Å². The van der Waals surface area contributed by atoms with Crippen LogP contribution in [0.4, 0.5) is 5.69 Å². The Kier molecular flexibility index (Phi) is 5.96. The number of amides is 1. The van der Waals surface area contributed by atoms with Gasteiger partial charge in [-0.05, 0) is 55.5 Å². The number of fused-ring (bicyclic) bond motifs is 1. The number of pyridine rings is 1. The van der Waals surface area contributed by atoms with Crippen molar-refractivity contribution in [2.75, 3.05) is 38.2 Å². The highest BCUT2D eigenvalue weighted by molar-refractivity contribution is 7.15. The Morgan fingerprint density at radius 2 is 1.82 bits per heavy atom. The van der Waals surface area contributed by atoms with Crippen molar-refractivity contribution in [2.45, 2.75) is 6.92 Å². The maximum absolute atomic E-state index is 13.7. The van der Waals surface area contributed by atoms with Crippen molar-refractivity contribution in [2.24, 2.45) is 0 Å². The molecule has 1 fully saturated rings. The summed E-state index contributed by atoms with van der Waals surface area (Å²) < 4.78 is 5.52. The van der Waals surface area contributed by atoms with Gasteiger partial charge in [-0.3, -0.25) is 4.79 Å². The van der Waals surface area contributed by atoms with E-state index in [4.69, 9.17) is 21.3 Å². The average Bonchev–Trinajstić information content (AvgIpc) is 3.29. The number of hydrogen-bond donors (Lipinski definition) is 0. The molecule has 0 radical (unpaired) electrons. The minimum Gasteiger partial charge on any atom is -0.495 e. The lowest BCUT2D eigenvalue weighted by atomic mass is 10.0. The number of aromatic nitrogens is 1. The third-order valence-electron chi connectivity index (χ3n) is 5.99. The van der Waals surface area contributed by atoms with Crippen LogP contribution in [0.3, 0.4) is 0 Å². The molecule has 3 heterocycles. The number of rotatable bonds is 4. The average molecular weight is 478 g/mol. The van der Waals surface area contributed by atoms with Crippen molar-refractivity contribution >= 4 is 45.4 Å². The third-order valence-corrected chi connectivity index (χ3v) is 7.24. The number of anilines is 1. The van der Waals surface area contributed by atoms with E-state index in [1.165, 1.54) is 4.88 Å². The predicted octanol–water partition coefficient (Wildman–Crippen LogP) is 5.90. The minimum atomic E-state index is 0.0128. The number of halogens is 1. The molecular weight excluding hydrogens is 454 g/mol. The van der Waals surface area contributed by atoms with E-state index in [9.17, 15) is 4.79 Å². The van der Waals surface area contributed by atoms with Gasteiger partial charge in [0.05, 0.1) is 34.4 Å². The summed E-state index contributed by atoms with van der Waals surface area (Å²) in [6.45, 7) is 4.82. The van der Waals surface area contributed by atoms with Crippen LogP contribution in [0, 0.1) is 6.92 Å². The second-order valence-corrected chi connectivity index (χ2v) is 9.80. The predicted molar refractivity (Wildman–Crippen MR) is 136 cm³/mol. The second kappa shape index (κ2) is 9.04. The Morgan fingerprint density at radius 3 is 2.55 bits per heavy atom. The summed E-state index contributed by atoms with van der Waals surface area (Å²) in [5.41, 5.74) is 3.30. The molecule has 0 unspecified atom stereocenters. The molecular formula is C26H24ClN3O2S. The van der Waals surface area contributed by atoms with E-state index in [2.05, 4.69) is 30.0 Å². The molecule has 4 aromatic rings. The maximum Gasteiger partial charge on any atom is 0.254 e. The number of methoxy groups -OCH3 is 1. The van der Waals surface area contributed by atoms with Crippen molar-refractivity contribution in [3.8, 4) is 16.3 Å². The number of para-hydroxylation sites is 2. The summed E-state index contributed by atoms with van der Waals surface area (Å²) in [4.78, 5) is 25.0. The fourth-order valence-electron chi connectivity index (χ4n) is 4.29. The molecule has 5 rings (SSSR count). The number of benzene rings is 2. The highest BCUT2D eigenvalue weighted by Gasteiger charge is 2.26. The minimum absolute atomic E-state index is 0.0128. The van der Waals surface area contributed by atoms with Crippen molar-refractivity contribution in [1.29, 1.82) is 0 Å². The van der Waals surface area contributed by atoms with Gasteiger partial charge in [0, 0.05) is 41.5 Å². The Hall–Kier alpha value is -3.09. The second-order valence-electron chi connectivity index (χ2n) is 8.08. The molecule has 0 aliphatic carbocycles. The summed E-state index contributed by atoms with van der Waals surface area (Å²) in [7, 11) is 1.69. The summed E-state index contributed by atoms with van der Waals surface area (Å²) in [5.74, 6) is 0.863. The molecule has 7 heteroatoms. The van der Waals surface area contributed by atoms with Crippen molar-refractivity contribution in [3.05, 3.63) is 76.1 Å². The van der Waals surface area contributed by atoms with Crippen LogP contribution in [-0.2, 0) is 0 Å². The van der Waals surface area contributed by atoms with Crippen LogP contribution in [0.15, 0.2) is 60.7 Å². The Labute approximate surface area is 202 Å². The van der Waals surface area contributed by atoms with Crippen LogP contribution in [0.25, 0.3) is 21.5 Å². The molecule has 1 amide bonds. The first-order valence-corrected chi connectivity index (χ1v) is 12.1. The normalized spacial score (nSPS) is 14.0. The molecule has 33 heavy (non-hydrogen) atoms. The first-order chi connectivity index (χ1) is 16.0. The fourth-order valence-corrected chi connectivity index (χ4v) is 5.29. The largest absolute Gasteiger partial charge is 0.495 e. The zero-order chi connectivity index (χ0) is 22.9. The van der Waals surface area contributed by atoms with Gasteiger partial charge in [-0.15, -0.1) is 11.3 Å². The van der Waals surface area contributed by atoms with E-state index in [1.54, 1.807) is 18.4 Å². The van der Waals surface area contributed by atoms with Crippen LogP contribution in [-0.4, -0.2) is 49.1 Å². The van der Waals surface area contributed by atoms with Crippen LogP contribution < -0.4 is 9.64 Å². The number of carbonyl (C=O) groups excluding carboxylic acids is 1. The molecule has 0 atom stereocenters. The molecule has 0 N–H and O–H groups in total. The van der Waals surface area contributed by atoms with E-state index < -0.39 is 0 Å². The quantitative estimate of drug-likeness (QED) is 0.367. The van der Waals surface area contributed by atoms with Crippen LogP contribution in [0.5, 0.6) is 5.75 Å². The summed E-state index contributed by atoms with van der Waals surface area (Å²) in [6, 6.07) is 19.6. The monoisotopic (exact) mass is 477 g/mol. The number of hydrogen-bond acceptors (Lipinski definition) is 5. The molecule has 1 aliphatic heterocycles. The van der Waals surface area contributed by atoms with Gasteiger partial charge < -0.3 is 14.5 Å². The first kappa shape index (κ1) is 21.7. The maximum atomic E-state index is 13.7. The standard InChI is InChI=1S/C26H24ClN3O2S/c1-17-7-10-25(33-17)22-16-20(19-15-18(27)8-9-21(19)28-22)26(31)30-13-11-29(12-14-30)23-5-3-4-6-24(23)32-2/h3-10,15-16H,11-14H2,1-2H3. The molecule has 5 nitrogen and oxygen atoms in total. The molecule has 1 aliphatic rings. The number of thiophene rings is 1. The van der Waals surface area contributed by atoms with Crippen molar-refractivity contribution in [3.63, 3.8) is 0 Å². The third kappa shape index (κ3) is 4.28. The van der Waals surface area contributed by atoms with Gasteiger partial charge in [-0.1, -0.05) is 23.7 Å². The van der Waals surface area contributed by atoms with Gasteiger partial charge in [-0.2, -0.15) is 0 Å². The van der Waals surface area contributed by atoms with E-state index >= 15 is 0 Å². The number of nitrogens with zero attached hydrogens (tertiary/aromatic N) is 3. The Bertz CT molecular complexity index is 1330. The van der Waals surface area contributed by atoms with Crippen molar-refractivity contribution in [1.82, 2.24) is 9.88 Å². The van der Waals surface area contributed by atoms with Gasteiger partial charge in [0.2, 0.25) is 0 Å². The fraction of sp³-hybridized carbons (Fsp3) is 0.231. The lowest BCUT2D eigenvalue weighted by molar-refractivity contribution is 0.0748. The van der Waals surface area contributed by atoms with Crippen molar-refractivity contribution < 1.29 is 9.53 Å². The number of ether oxygens (including phenoxy) is 1. The van der Waals surface area contributed by atoms with E-state index in [0.29, 0.717) is 23.7 Å². The number of carbonyl (C=O) groups is 1. The van der Waals surface area contributed by atoms with Crippen LogP contribution >= 0.6 is 22.9 Å². The highest BCUT2D eigenvalue weighted by atomic mass is 35.5. The van der Waals surface area contributed by atoms with Gasteiger partial charge >= 0.3 is 0 Å². The van der Waals surface area contributed by atoms with Gasteiger partial charge in [0.1, 0.15) is 5.75 Å². The Balaban J connectivity index is 1.45. The van der Waals surface area contributed by atoms with Gasteiger partial charge in [0.15, 0.2) is 0 Å². The summed E-state index contributed by atoms with van der Waals surface area (Å²) >= 11 is 7.97.